The minimum atomic E-state index is -1.10. The summed E-state index contributed by atoms with van der Waals surface area (Å²) in [6, 6.07) is -0.984. The zero-order chi connectivity index (χ0) is 20.5. The molecule has 0 spiro atoms. The molecule has 0 heterocycles. The van der Waals surface area contributed by atoms with Gasteiger partial charge in [-0.15, -0.1) is 4.99 Å². The molecule has 0 bridgehead atoms. The SMILES string of the molecule is CC(C)(C)OC(=O)/N=C(/NCCC[C@H](N)C(=O)O)NC(=O)OC(C)(C)C. The van der Waals surface area contributed by atoms with Crippen LogP contribution in [0.3, 0.4) is 0 Å². The van der Waals surface area contributed by atoms with Crippen LogP contribution < -0.4 is 16.4 Å². The van der Waals surface area contributed by atoms with E-state index in [9.17, 15) is 14.4 Å². The van der Waals surface area contributed by atoms with Crippen molar-refractivity contribution in [1.82, 2.24) is 10.6 Å². The number of rotatable bonds is 5. The quantitative estimate of drug-likeness (QED) is 0.321. The normalized spacial score (nSPS) is 13.6. The monoisotopic (exact) mass is 374 g/mol. The van der Waals surface area contributed by atoms with Crippen molar-refractivity contribution >= 4 is 24.1 Å². The first-order valence-electron chi connectivity index (χ1n) is 8.23. The molecule has 0 aliphatic heterocycles. The van der Waals surface area contributed by atoms with E-state index in [1.807, 2.05) is 0 Å². The van der Waals surface area contributed by atoms with Crippen molar-refractivity contribution in [2.24, 2.45) is 10.7 Å². The molecule has 2 amide bonds. The van der Waals surface area contributed by atoms with Gasteiger partial charge in [-0.1, -0.05) is 0 Å². The average molecular weight is 374 g/mol. The number of carbonyl (C=O) groups excluding carboxylic acids is 2. The number of hydrogen-bond acceptors (Lipinski definition) is 6. The van der Waals surface area contributed by atoms with Crippen molar-refractivity contribution in [3.63, 3.8) is 0 Å². The zero-order valence-electron chi connectivity index (χ0n) is 16.2. The van der Waals surface area contributed by atoms with Crippen LogP contribution in [0.1, 0.15) is 54.4 Å². The van der Waals surface area contributed by atoms with Gasteiger partial charge in [-0.05, 0) is 54.4 Å². The summed E-state index contributed by atoms with van der Waals surface area (Å²) in [7, 11) is 0. The number of guanidine groups is 1. The van der Waals surface area contributed by atoms with Crippen molar-refractivity contribution in [2.75, 3.05) is 6.54 Å². The van der Waals surface area contributed by atoms with E-state index in [4.69, 9.17) is 20.3 Å². The molecule has 0 fully saturated rings. The van der Waals surface area contributed by atoms with Crippen molar-refractivity contribution in [3.8, 4) is 0 Å². The Labute approximate surface area is 153 Å². The van der Waals surface area contributed by atoms with Gasteiger partial charge in [0.2, 0.25) is 5.96 Å². The topological polar surface area (TPSA) is 152 Å². The van der Waals surface area contributed by atoms with Crippen LogP contribution in [-0.4, -0.2) is 53.0 Å². The number of amides is 2. The molecule has 0 aromatic carbocycles. The molecular formula is C16H30N4O6. The molecule has 0 aromatic rings. The van der Waals surface area contributed by atoms with Gasteiger partial charge < -0.3 is 25.6 Å². The Hall–Kier alpha value is -2.36. The molecule has 0 saturated heterocycles. The van der Waals surface area contributed by atoms with Gasteiger partial charge in [0.15, 0.2) is 0 Å². The first-order chi connectivity index (χ1) is 11.7. The third-order valence-corrected chi connectivity index (χ3v) is 2.52. The fraction of sp³-hybridized carbons (Fsp3) is 0.750. The Morgan fingerprint density at radius 1 is 1.08 bits per heavy atom. The van der Waals surface area contributed by atoms with Crippen LogP contribution in [0.15, 0.2) is 4.99 Å². The summed E-state index contributed by atoms with van der Waals surface area (Å²) in [6.45, 7) is 10.4. The maximum Gasteiger partial charge on any atom is 0.437 e. The first-order valence-corrected chi connectivity index (χ1v) is 8.23. The molecular weight excluding hydrogens is 344 g/mol. The maximum absolute atomic E-state index is 11.9. The Morgan fingerprint density at radius 3 is 2.08 bits per heavy atom. The second kappa shape index (κ2) is 9.95. The molecule has 0 saturated carbocycles. The van der Waals surface area contributed by atoms with Crippen molar-refractivity contribution in [3.05, 3.63) is 0 Å². The number of nitrogens with one attached hydrogen (secondary N) is 2. The number of aliphatic imine (C=N–C) groups is 1. The van der Waals surface area contributed by atoms with Crippen LogP contribution >= 0.6 is 0 Å². The summed E-state index contributed by atoms with van der Waals surface area (Å²) in [5.41, 5.74) is 3.94. The van der Waals surface area contributed by atoms with E-state index in [0.29, 0.717) is 6.42 Å². The number of carboxylic acid groups (broad SMARTS) is 1. The van der Waals surface area contributed by atoms with E-state index < -0.39 is 35.4 Å². The number of nitrogens with two attached hydrogens (primary N) is 1. The van der Waals surface area contributed by atoms with Crippen LogP contribution in [0, 0.1) is 0 Å². The highest BCUT2D eigenvalue weighted by atomic mass is 16.6. The smallest absolute Gasteiger partial charge is 0.437 e. The van der Waals surface area contributed by atoms with Gasteiger partial charge in [-0.25, -0.2) is 9.59 Å². The minimum Gasteiger partial charge on any atom is -0.480 e. The lowest BCUT2D eigenvalue weighted by Crippen LogP contribution is -2.44. The number of hydrogen-bond donors (Lipinski definition) is 4. The molecule has 0 rings (SSSR count). The molecule has 0 unspecified atom stereocenters. The molecule has 1 atom stereocenters. The number of carboxylic acids is 1. The van der Waals surface area contributed by atoms with Crippen LogP contribution in [0.4, 0.5) is 9.59 Å². The number of alkyl carbamates (subject to hydrolysis) is 1. The van der Waals surface area contributed by atoms with Crippen LogP contribution in [0.5, 0.6) is 0 Å². The van der Waals surface area contributed by atoms with E-state index in [-0.39, 0.29) is 18.9 Å². The van der Waals surface area contributed by atoms with Gasteiger partial charge in [0.25, 0.3) is 0 Å². The first kappa shape index (κ1) is 23.6. The molecule has 10 heteroatoms. The number of nitrogens with zero attached hydrogens (tertiary/aromatic N) is 1. The Balaban J connectivity index is 4.85. The summed E-state index contributed by atoms with van der Waals surface area (Å²) < 4.78 is 10.2. The molecule has 26 heavy (non-hydrogen) atoms. The molecule has 150 valence electrons. The number of ether oxygens (including phenoxy) is 2. The van der Waals surface area contributed by atoms with Gasteiger partial charge in [0.05, 0.1) is 0 Å². The Kier molecular flexibility index (Phi) is 9.05. The predicted octanol–water partition coefficient (Wildman–Crippen LogP) is 1.58. The molecule has 0 aromatic heterocycles. The van der Waals surface area contributed by atoms with Crippen LogP contribution in [0.2, 0.25) is 0 Å². The lowest BCUT2D eigenvalue weighted by molar-refractivity contribution is -0.138. The highest BCUT2D eigenvalue weighted by Crippen LogP contribution is 2.08. The lowest BCUT2D eigenvalue weighted by atomic mass is 10.2. The van der Waals surface area contributed by atoms with E-state index in [2.05, 4.69) is 15.6 Å². The highest BCUT2D eigenvalue weighted by Gasteiger charge is 2.20. The number of carbonyl (C=O) groups is 3. The molecule has 0 aliphatic carbocycles. The summed E-state index contributed by atoms with van der Waals surface area (Å²) >= 11 is 0. The Bertz CT molecular complexity index is 534. The predicted molar refractivity (Wildman–Crippen MR) is 95.9 cm³/mol. The summed E-state index contributed by atoms with van der Waals surface area (Å²) in [5.74, 6) is -1.25. The fourth-order valence-corrected chi connectivity index (χ4v) is 1.54. The van der Waals surface area contributed by atoms with E-state index >= 15 is 0 Å². The number of aliphatic carboxylic acids is 1. The maximum atomic E-state index is 11.9. The minimum absolute atomic E-state index is 0.155. The Morgan fingerprint density at radius 2 is 1.62 bits per heavy atom. The third-order valence-electron chi connectivity index (χ3n) is 2.52. The average Bonchev–Trinajstić information content (AvgIpc) is 2.38. The van der Waals surface area contributed by atoms with E-state index in [1.54, 1.807) is 41.5 Å². The highest BCUT2D eigenvalue weighted by molar-refractivity contribution is 5.98. The van der Waals surface area contributed by atoms with Crippen LogP contribution in [-0.2, 0) is 14.3 Å². The molecule has 10 nitrogen and oxygen atoms in total. The van der Waals surface area contributed by atoms with E-state index in [0.717, 1.165) is 0 Å². The van der Waals surface area contributed by atoms with Crippen molar-refractivity contribution < 1.29 is 29.0 Å². The van der Waals surface area contributed by atoms with Gasteiger partial charge in [-0.2, -0.15) is 0 Å². The summed E-state index contributed by atoms with van der Waals surface area (Å²) in [4.78, 5) is 38.0. The van der Waals surface area contributed by atoms with Gasteiger partial charge in [0.1, 0.15) is 17.2 Å². The van der Waals surface area contributed by atoms with Crippen molar-refractivity contribution in [1.29, 1.82) is 0 Å². The third kappa shape index (κ3) is 13.0. The molecule has 5 N–H and O–H groups in total. The summed E-state index contributed by atoms with van der Waals surface area (Å²) in [6.07, 6.45) is -1.08. The molecule has 0 radical (unpaired) electrons. The second-order valence-corrected chi connectivity index (χ2v) is 7.58. The van der Waals surface area contributed by atoms with Gasteiger partial charge in [-0.3, -0.25) is 10.1 Å². The largest absolute Gasteiger partial charge is 0.480 e. The van der Waals surface area contributed by atoms with Crippen LogP contribution in [0.25, 0.3) is 0 Å². The second-order valence-electron chi connectivity index (χ2n) is 7.58. The van der Waals surface area contributed by atoms with Gasteiger partial charge >= 0.3 is 18.2 Å². The fourth-order valence-electron chi connectivity index (χ4n) is 1.54. The standard InChI is InChI=1S/C16H30N4O6/c1-15(2,3)25-13(23)19-12(20-14(24)26-16(4,5)6)18-9-7-8-10(17)11(21)22/h10H,7-9,17H2,1-6H3,(H,21,22)(H2,18,19,20,23,24)/t10-/m0/s1. The zero-order valence-corrected chi connectivity index (χ0v) is 16.2. The molecule has 0 aliphatic rings. The summed E-state index contributed by atoms with van der Waals surface area (Å²) in [5, 5.41) is 13.8. The van der Waals surface area contributed by atoms with E-state index in [1.165, 1.54) is 0 Å². The van der Waals surface area contributed by atoms with Gasteiger partial charge in [0, 0.05) is 6.54 Å². The van der Waals surface area contributed by atoms with Crippen molar-refractivity contribution in [2.45, 2.75) is 71.6 Å². The lowest BCUT2D eigenvalue weighted by Gasteiger charge is -2.21.